The fraction of sp³-hybridized carbons (Fsp3) is 0.941. The largest absolute Gasteiger partial charge is 0.326 e. The zero-order chi connectivity index (χ0) is 15.1. The molecule has 0 spiro atoms. The molecule has 2 aliphatic rings. The summed E-state index contributed by atoms with van der Waals surface area (Å²) < 4.78 is 0. The van der Waals surface area contributed by atoms with Crippen LogP contribution in [0.4, 0.5) is 0 Å². The van der Waals surface area contributed by atoms with Crippen molar-refractivity contribution in [2.24, 2.45) is 0 Å². The third kappa shape index (κ3) is 4.68. The van der Waals surface area contributed by atoms with Gasteiger partial charge in [-0.25, -0.2) is 0 Å². The SMILES string of the molecule is CCCCC1NC(CCC)N(CCCN2CCCC2)C1=O. The van der Waals surface area contributed by atoms with E-state index in [9.17, 15) is 4.79 Å². The Morgan fingerprint density at radius 1 is 1.05 bits per heavy atom. The quantitative estimate of drug-likeness (QED) is 0.710. The van der Waals surface area contributed by atoms with E-state index < -0.39 is 0 Å². The Balaban J connectivity index is 1.80. The van der Waals surface area contributed by atoms with E-state index in [-0.39, 0.29) is 12.2 Å². The molecule has 0 aromatic carbocycles. The third-order valence-corrected chi connectivity index (χ3v) is 4.83. The molecule has 21 heavy (non-hydrogen) atoms. The summed E-state index contributed by atoms with van der Waals surface area (Å²) in [6, 6.07) is 0.0771. The molecule has 1 N–H and O–H groups in total. The van der Waals surface area contributed by atoms with Gasteiger partial charge in [0.1, 0.15) is 0 Å². The summed E-state index contributed by atoms with van der Waals surface area (Å²) in [5, 5.41) is 3.57. The summed E-state index contributed by atoms with van der Waals surface area (Å²) >= 11 is 0. The van der Waals surface area contributed by atoms with Gasteiger partial charge in [0.25, 0.3) is 0 Å². The van der Waals surface area contributed by atoms with E-state index in [1.54, 1.807) is 0 Å². The fourth-order valence-corrected chi connectivity index (χ4v) is 3.61. The van der Waals surface area contributed by atoms with Gasteiger partial charge in [-0.1, -0.05) is 33.1 Å². The van der Waals surface area contributed by atoms with E-state index in [4.69, 9.17) is 0 Å². The molecule has 2 rings (SSSR count). The highest BCUT2D eigenvalue weighted by Gasteiger charge is 2.37. The highest BCUT2D eigenvalue weighted by molar-refractivity contribution is 5.84. The minimum atomic E-state index is 0.0771. The predicted molar refractivity (Wildman–Crippen MR) is 87.1 cm³/mol. The van der Waals surface area contributed by atoms with Crippen LogP contribution in [0, 0.1) is 0 Å². The zero-order valence-electron chi connectivity index (χ0n) is 13.9. The van der Waals surface area contributed by atoms with Crippen LogP contribution >= 0.6 is 0 Å². The average Bonchev–Trinajstić information content (AvgIpc) is 3.08. The molecule has 2 atom stereocenters. The van der Waals surface area contributed by atoms with Crippen molar-refractivity contribution in [3.8, 4) is 0 Å². The van der Waals surface area contributed by atoms with Crippen molar-refractivity contribution in [1.82, 2.24) is 15.1 Å². The van der Waals surface area contributed by atoms with E-state index in [0.29, 0.717) is 5.91 Å². The Kier molecular flexibility index (Phi) is 6.97. The van der Waals surface area contributed by atoms with Crippen molar-refractivity contribution in [2.45, 2.75) is 77.4 Å². The number of rotatable bonds is 9. The molecule has 0 aromatic heterocycles. The predicted octanol–water partition coefficient (Wildman–Crippen LogP) is 2.59. The lowest BCUT2D eigenvalue weighted by molar-refractivity contribution is -0.130. The maximum absolute atomic E-state index is 12.6. The highest BCUT2D eigenvalue weighted by Crippen LogP contribution is 2.19. The first-order valence-electron chi connectivity index (χ1n) is 9.05. The Morgan fingerprint density at radius 2 is 1.81 bits per heavy atom. The maximum atomic E-state index is 12.6. The molecule has 0 bridgehead atoms. The lowest BCUT2D eigenvalue weighted by Gasteiger charge is -2.25. The standard InChI is InChI=1S/C17H33N3O/c1-3-5-10-15-17(21)20(16(18-15)9-4-2)14-8-13-19-11-6-7-12-19/h15-16,18H,3-14H2,1-2H3. The first kappa shape index (κ1) is 16.8. The normalized spacial score (nSPS) is 27.0. The average molecular weight is 295 g/mol. The van der Waals surface area contributed by atoms with Crippen LogP contribution in [0.15, 0.2) is 0 Å². The van der Waals surface area contributed by atoms with E-state index >= 15 is 0 Å². The number of likely N-dealkylation sites (tertiary alicyclic amines) is 1. The Hall–Kier alpha value is -0.610. The number of hydrogen-bond acceptors (Lipinski definition) is 3. The first-order chi connectivity index (χ1) is 10.3. The summed E-state index contributed by atoms with van der Waals surface area (Å²) in [7, 11) is 0. The molecule has 2 heterocycles. The van der Waals surface area contributed by atoms with Gasteiger partial charge in [-0.2, -0.15) is 0 Å². The Morgan fingerprint density at radius 3 is 2.48 bits per heavy atom. The van der Waals surface area contributed by atoms with Crippen LogP contribution in [0.25, 0.3) is 0 Å². The number of amides is 1. The van der Waals surface area contributed by atoms with E-state index in [1.165, 1.54) is 32.4 Å². The number of carbonyl (C=O) groups is 1. The molecule has 122 valence electrons. The third-order valence-electron chi connectivity index (χ3n) is 4.83. The molecule has 4 heteroatoms. The molecule has 2 aliphatic heterocycles. The van der Waals surface area contributed by atoms with Gasteiger partial charge in [0.15, 0.2) is 0 Å². The van der Waals surface area contributed by atoms with Crippen LogP contribution < -0.4 is 5.32 Å². The van der Waals surface area contributed by atoms with Crippen LogP contribution in [0.3, 0.4) is 0 Å². The summed E-state index contributed by atoms with van der Waals surface area (Å²) in [6.07, 6.45) is 9.62. The molecule has 2 unspecified atom stereocenters. The topological polar surface area (TPSA) is 35.6 Å². The van der Waals surface area contributed by atoms with Crippen molar-refractivity contribution in [2.75, 3.05) is 26.2 Å². The van der Waals surface area contributed by atoms with Crippen LogP contribution in [0.1, 0.15) is 65.2 Å². The lowest BCUT2D eigenvalue weighted by Crippen LogP contribution is -2.39. The first-order valence-corrected chi connectivity index (χ1v) is 9.05. The molecule has 0 aromatic rings. The highest BCUT2D eigenvalue weighted by atomic mass is 16.2. The van der Waals surface area contributed by atoms with Gasteiger partial charge in [-0.15, -0.1) is 0 Å². The van der Waals surface area contributed by atoms with Crippen molar-refractivity contribution in [3.63, 3.8) is 0 Å². The van der Waals surface area contributed by atoms with Gasteiger partial charge in [0.05, 0.1) is 12.2 Å². The van der Waals surface area contributed by atoms with E-state index in [0.717, 1.165) is 45.2 Å². The van der Waals surface area contributed by atoms with Gasteiger partial charge < -0.3 is 9.80 Å². The van der Waals surface area contributed by atoms with Gasteiger partial charge in [-0.05, 0) is 51.7 Å². The second-order valence-corrected chi connectivity index (χ2v) is 6.60. The van der Waals surface area contributed by atoms with Gasteiger partial charge >= 0.3 is 0 Å². The number of carbonyl (C=O) groups excluding carboxylic acids is 1. The minimum absolute atomic E-state index is 0.0771. The van der Waals surface area contributed by atoms with Gasteiger partial charge in [0.2, 0.25) is 5.91 Å². The van der Waals surface area contributed by atoms with Gasteiger partial charge in [0, 0.05) is 6.54 Å². The van der Waals surface area contributed by atoms with Gasteiger partial charge in [-0.3, -0.25) is 10.1 Å². The summed E-state index contributed by atoms with van der Waals surface area (Å²) in [4.78, 5) is 17.2. The number of nitrogens with one attached hydrogen (secondary N) is 1. The number of unbranched alkanes of at least 4 members (excludes halogenated alkanes) is 1. The number of nitrogens with zero attached hydrogens (tertiary/aromatic N) is 2. The molecule has 0 radical (unpaired) electrons. The van der Waals surface area contributed by atoms with Crippen LogP contribution in [-0.2, 0) is 4.79 Å². The number of hydrogen-bond donors (Lipinski definition) is 1. The summed E-state index contributed by atoms with van der Waals surface area (Å²) in [6.45, 7) is 8.98. The van der Waals surface area contributed by atoms with Crippen molar-refractivity contribution >= 4 is 5.91 Å². The smallest absolute Gasteiger partial charge is 0.241 e. The fourth-order valence-electron chi connectivity index (χ4n) is 3.61. The van der Waals surface area contributed by atoms with Crippen molar-refractivity contribution in [3.05, 3.63) is 0 Å². The second-order valence-electron chi connectivity index (χ2n) is 6.60. The van der Waals surface area contributed by atoms with Crippen LogP contribution in [-0.4, -0.2) is 54.1 Å². The molecular formula is C17H33N3O. The molecule has 4 nitrogen and oxygen atoms in total. The Bertz CT molecular complexity index is 315. The summed E-state index contributed by atoms with van der Waals surface area (Å²) in [5.41, 5.74) is 0. The van der Waals surface area contributed by atoms with Crippen molar-refractivity contribution in [1.29, 1.82) is 0 Å². The van der Waals surface area contributed by atoms with Crippen LogP contribution in [0.5, 0.6) is 0 Å². The van der Waals surface area contributed by atoms with E-state index in [1.807, 2.05) is 0 Å². The monoisotopic (exact) mass is 295 g/mol. The van der Waals surface area contributed by atoms with Crippen molar-refractivity contribution < 1.29 is 4.79 Å². The Labute approximate surface area is 130 Å². The molecule has 0 saturated carbocycles. The molecule has 2 saturated heterocycles. The minimum Gasteiger partial charge on any atom is -0.326 e. The van der Waals surface area contributed by atoms with E-state index in [2.05, 4.69) is 29.0 Å². The molecular weight excluding hydrogens is 262 g/mol. The summed E-state index contributed by atoms with van der Waals surface area (Å²) in [5.74, 6) is 0.350. The molecule has 2 fully saturated rings. The second kappa shape index (κ2) is 8.74. The lowest BCUT2D eigenvalue weighted by atomic mass is 10.1. The van der Waals surface area contributed by atoms with Crippen LogP contribution in [0.2, 0.25) is 0 Å². The zero-order valence-corrected chi connectivity index (χ0v) is 13.9. The molecule has 0 aliphatic carbocycles. The maximum Gasteiger partial charge on any atom is 0.241 e. The molecule has 1 amide bonds.